The van der Waals surface area contributed by atoms with Crippen molar-refractivity contribution in [3.63, 3.8) is 0 Å². The highest BCUT2D eigenvalue weighted by atomic mass is 32.1. The minimum absolute atomic E-state index is 0.0267. The summed E-state index contributed by atoms with van der Waals surface area (Å²) in [5, 5.41) is 9.40. The lowest BCUT2D eigenvalue weighted by Gasteiger charge is -2.35. The van der Waals surface area contributed by atoms with Gasteiger partial charge < -0.3 is 15.5 Å². The Morgan fingerprint density at radius 3 is 2.36 bits per heavy atom. The average Bonchev–Trinajstić information content (AvgIpc) is 3.44. The van der Waals surface area contributed by atoms with Crippen LogP contribution in [0.25, 0.3) is 0 Å². The standard InChI is InChI=1S/C20H23N3O3S2/c1-2-9-21-19(25)17(22-18(24)15-5-3-12-27-15)14-7-10-23(11-8-14)20(26)16-6-4-13-28-16/h2-6,12-14,17H,1,7-11H2,(H,21,25)(H,22,24). The van der Waals surface area contributed by atoms with Gasteiger partial charge in [0.05, 0.1) is 9.75 Å². The van der Waals surface area contributed by atoms with Crippen LogP contribution in [0.5, 0.6) is 0 Å². The molecule has 28 heavy (non-hydrogen) atoms. The lowest BCUT2D eigenvalue weighted by molar-refractivity contribution is -0.124. The van der Waals surface area contributed by atoms with Gasteiger partial charge in [-0.1, -0.05) is 18.2 Å². The molecule has 1 atom stereocenters. The van der Waals surface area contributed by atoms with Gasteiger partial charge in [-0.25, -0.2) is 0 Å². The maximum atomic E-state index is 12.7. The first-order valence-electron chi connectivity index (χ1n) is 9.16. The SMILES string of the molecule is C=CCNC(=O)C(NC(=O)c1cccs1)C1CCN(C(=O)c2cccs2)CC1. The first kappa shape index (κ1) is 20.3. The summed E-state index contributed by atoms with van der Waals surface area (Å²) >= 11 is 2.77. The minimum Gasteiger partial charge on any atom is -0.351 e. The number of rotatable bonds is 7. The molecule has 1 aliphatic heterocycles. The molecule has 3 amide bonds. The number of hydrogen-bond acceptors (Lipinski definition) is 5. The molecule has 6 nitrogen and oxygen atoms in total. The fraction of sp³-hybridized carbons (Fsp3) is 0.350. The molecule has 2 N–H and O–H groups in total. The smallest absolute Gasteiger partial charge is 0.263 e. The fourth-order valence-electron chi connectivity index (χ4n) is 3.29. The molecule has 1 unspecified atom stereocenters. The molecule has 1 aliphatic rings. The molecule has 0 bridgehead atoms. The van der Waals surface area contributed by atoms with Crippen molar-refractivity contribution < 1.29 is 14.4 Å². The molecule has 2 aromatic rings. The van der Waals surface area contributed by atoms with Gasteiger partial charge in [-0.3, -0.25) is 14.4 Å². The molecular formula is C20H23N3O3S2. The highest BCUT2D eigenvalue weighted by molar-refractivity contribution is 7.12. The van der Waals surface area contributed by atoms with Crippen molar-refractivity contribution in [3.05, 3.63) is 57.4 Å². The maximum Gasteiger partial charge on any atom is 0.263 e. The molecule has 3 heterocycles. The van der Waals surface area contributed by atoms with E-state index in [0.717, 1.165) is 4.88 Å². The Hall–Kier alpha value is -2.45. The third-order valence-corrected chi connectivity index (χ3v) is 6.49. The molecule has 0 spiro atoms. The van der Waals surface area contributed by atoms with Gasteiger partial charge in [0.25, 0.3) is 11.8 Å². The molecule has 2 aromatic heterocycles. The summed E-state index contributed by atoms with van der Waals surface area (Å²) in [5.74, 6) is -0.455. The van der Waals surface area contributed by atoms with Crippen molar-refractivity contribution in [1.29, 1.82) is 0 Å². The summed E-state index contributed by atoms with van der Waals surface area (Å²) < 4.78 is 0. The second-order valence-electron chi connectivity index (χ2n) is 6.57. The number of thiophene rings is 2. The van der Waals surface area contributed by atoms with Crippen LogP contribution in [0.3, 0.4) is 0 Å². The molecule has 1 saturated heterocycles. The lowest BCUT2D eigenvalue weighted by Crippen LogP contribution is -2.53. The lowest BCUT2D eigenvalue weighted by atomic mass is 9.88. The van der Waals surface area contributed by atoms with E-state index >= 15 is 0 Å². The molecule has 0 aliphatic carbocycles. The topological polar surface area (TPSA) is 78.5 Å². The van der Waals surface area contributed by atoms with Gasteiger partial charge in [0, 0.05) is 19.6 Å². The summed E-state index contributed by atoms with van der Waals surface area (Å²) in [7, 11) is 0. The molecule has 1 fully saturated rings. The third-order valence-electron chi connectivity index (χ3n) is 4.76. The predicted molar refractivity (Wildman–Crippen MR) is 112 cm³/mol. The number of hydrogen-bond donors (Lipinski definition) is 2. The van der Waals surface area contributed by atoms with Crippen LogP contribution < -0.4 is 10.6 Å². The third kappa shape index (κ3) is 4.88. The normalized spacial score (nSPS) is 15.6. The first-order chi connectivity index (χ1) is 13.6. The van der Waals surface area contributed by atoms with Gasteiger partial charge in [-0.05, 0) is 41.7 Å². The molecular weight excluding hydrogens is 394 g/mol. The van der Waals surface area contributed by atoms with Crippen LogP contribution in [-0.4, -0.2) is 48.3 Å². The van der Waals surface area contributed by atoms with E-state index in [-0.39, 0.29) is 23.6 Å². The van der Waals surface area contributed by atoms with Crippen LogP contribution in [0.15, 0.2) is 47.7 Å². The Morgan fingerprint density at radius 2 is 1.79 bits per heavy atom. The highest BCUT2D eigenvalue weighted by Gasteiger charge is 2.34. The Balaban J connectivity index is 1.65. The van der Waals surface area contributed by atoms with Crippen molar-refractivity contribution in [2.75, 3.05) is 19.6 Å². The summed E-state index contributed by atoms with van der Waals surface area (Å²) in [6.45, 7) is 5.11. The summed E-state index contributed by atoms with van der Waals surface area (Å²) in [4.78, 5) is 40.8. The van der Waals surface area contributed by atoms with Gasteiger partial charge >= 0.3 is 0 Å². The average molecular weight is 418 g/mol. The summed E-state index contributed by atoms with van der Waals surface area (Å²) in [5.41, 5.74) is 0. The second kappa shape index (κ2) is 9.66. The summed E-state index contributed by atoms with van der Waals surface area (Å²) in [6, 6.07) is 6.60. The minimum atomic E-state index is -0.631. The van der Waals surface area contributed by atoms with Crippen LogP contribution in [0.2, 0.25) is 0 Å². The first-order valence-corrected chi connectivity index (χ1v) is 10.9. The number of carbonyl (C=O) groups is 3. The zero-order valence-electron chi connectivity index (χ0n) is 15.4. The Bertz CT molecular complexity index is 810. The molecule has 148 valence electrons. The number of amides is 3. The number of carbonyl (C=O) groups excluding carboxylic acids is 3. The van der Waals surface area contributed by atoms with E-state index in [1.165, 1.54) is 22.7 Å². The Kier molecular flexibility index (Phi) is 7.00. The van der Waals surface area contributed by atoms with Crippen molar-refractivity contribution >= 4 is 40.4 Å². The van der Waals surface area contributed by atoms with E-state index in [4.69, 9.17) is 0 Å². The van der Waals surface area contributed by atoms with Gasteiger partial charge in [0.1, 0.15) is 6.04 Å². The molecule has 8 heteroatoms. The largest absolute Gasteiger partial charge is 0.351 e. The van der Waals surface area contributed by atoms with E-state index in [9.17, 15) is 14.4 Å². The Labute approximate surface area is 172 Å². The van der Waals surface area contributed by atoms with Gasteiger partial charge in [-0.2, -0.15) is 0 Å². The molecule has 3 rings (SSSR count). The maximum absolute atomic E-state index is 12.7. The fourth-order valence-corrected chi connectivity index (χ4v) is 4.61. The molecule has 0 saturated carbocycles. The van der Waals surface area contributed by atoms with Gasteiger partial charge in [0.2, 0.25) is 5.91 Å². The van der Waals surface area contributed by atoms with Gasteiger partial charge in [0.15, 0.2) is 0 Å². The van der Waals surface area contributed by atoms with Crippen molar-refractivity contribution in [2.45, 2.75) is 18.9 Å². The monoisotopic (exact) mass is 417 g/mol. The van der Waals surface area contributed by atoms with Crippen molar-refractivity contribution in [3.8, 4) is 0 Å². The quantitative estimate of drug-likeness (QED) is 0.680. The van der Waals surface area contributed by atoms with Crippen LogP contribution >= 0.6 is 22.7 Å². The number of likely N-dealkylation sites (tertiary alicyclic amines) is 1. The second-order valence-corrected chi connectivity index (χ2v) is 8.46. The van der Waals surface area contributed by atoms with Crippen LogP contribution in [0.4, 0.5) is 0 Å². The number of nitrogens with zero attached hydrogens (tertiary/aromatic N) is 1. The number of piperidine rings is 1. The zero-order valence-corrected chi connectivity index (χ0v) is 17.1. The van der Waals surface area contributed by atoms with Crippen molar-refractivity contribution in [2.24, 2.45) is 5.92 Å². The molecule has 0 aromatic carbocycles. The van der Waals surface area contributed by atoms with E-state index < -0.39 is 6.04 Å². The predicted octanol–water partition coefficient (Wildman–Crippen LogP) is 2.76. The van der Waals surface area contributed by atoms with Crippen LogP contribution in [0, 0.1) is 5.92 Å². The van der Waals surface area contributed by atoms with E-state index in [0.29, 0.717) is 37.4 Å². The highest BCUT2D eigenvalue weighted by Crippen LogP contribution is 2.24. The van der Waals surface area contributed by atoms with Gasteiger partial charge in [-0.15, -0.1) is 29.3 Å². The van der Waals surface area contributed by atoms with Crippen LogP contribution in [0.1, 0.15) is 32.2 Å². The van der Waals surface area contributed by atoms with E-state index in [2.05, 4.69) is 17.2 Å². The van der Waals surface area contributed by atoms with E-state index in [1.807, 2.05) is 27.8 Å². The number of nitrogens with one attached hydrogen (secondary N) is 2. The molecule has 0 radical (unpaired) electrons. The van der Waals surface area contributed by atoms with Crippen LogP contribution in [-0.2, 0) is 4.79 Å². The zero-order chi connectivity index (χ0) is 19.9. The van der Waals surface area contributed by atoms with E-state index in [1.54, 1.807) is 18.2 Å². The Morgan fingerprint density at radius 1 is 1.14 bits per heavy atom. The van der Waals surface area contributed by atoms with Crippen molar-refractivity contribution in [1.82, 2.24) is 15.5 Å². The summed E-state index contributed by atoms with van der Waals surface area (Å²) in [6.07, 6.45) is 2.93.